The molecule has 0 unspecified atom stereocenters. The summed E-state index contributed by atoms with van der Waals surface area (Å²) in [5.41, 5.74) is -1.28. The maximum atomic E-state index is 11.7. The number of aldehydes is 1. The van der Waals surface area contributed by atoms with Crippen molar-refractivity contribution < 1.29 is 19.4 Å². The first kappa shape index (κ1) is 15.2. The Morgan fingerprint density at radius 3 is 2.39 bits per heavy atom. The molecule has 1 aliphatic carbocycles. The molecule has 0 atom stereocenters. The van der Waals surface area contributed by atoms with E-state index in [0.29, 0.717) is 19.3 Å². The highest BCUT2D eigenvalue weighted by Gasteiger charge is 2.34. The molecule has 1 aliphatic rings. The number of esters is 1. The minimum atomic E-state index is -0.841. The normalized spacial score (nSPS) is 28.8. The second kappa shape index (κ2) is 5.83. The van der Waals surface area contributed by atoms with Gasteiger partial charge in [0.25, 0.3) is 0 Å². The van der Waals surface area contributed by atoms with Gasteiger partial charge in [0.2, 0.25) is 0 Å². The molecule has 0 aromatic heterocycles. The fourth-order valence-electron chi connectivity index (χ4n) is 2.40. The van der Waals surface area contributed by atoms with E-state index in [1.54, 1.807) is 0 Å². The van der Waals surface area contributed by atoms with Gasteiger partial charge in [0.1, 0.15) is 11.9 Å². The van der Waals surface area contributed by atoms with Gasteiger partial charge in [-0.25, -0.2) is 0 Å². The predicted molar refractivity (Wildman–Crippen MR) is 68.1 cm³/mol. The first-order valence-corrected chi connectivity index (χ1v) is 6.62. The fourth-order valence-corrected chi connectivity index (χ4v) is 2.40. The topological polar surface area (TPSA) is 63.6 Å². The Hall–Kier alpha value is -0.900. The molecular formula is C14H24O4. The van der Waals surface area contributed by atoms with E-state index in [-0.39, 0.29) is 18.3 Å². The molecule has 1 N–H and O–H groups in total. The third-order valence-corrected chi connectivity index (χ3v) is 3.37. The zero-order chi connectivity index (χ0) is 13.8. The van der Waals surface area contributed by atoms with Crippen LogP contribution in [0.3, 0.4) is 0 Å². The van der Waals surface area contributed by atoms with Crippen LogP contribution in [0, 0.1) is 5.92 Å². The molecule has 0 aromatic carbocycles. The summed E-state index contributed by atoms with van der Waals surface area (Å²) >= 11 is 0. The van der Waals surface area contributed by atoms with Crippen LogP contribution >= 0.6 is 0 Å². The summed E-state index contributed by atoms with van der Waals surface area (Å²) in [4.78, 5) is 22.1. The molecule has 0 bridgehead atoms. The number of rotatable bonds is 4. The summed E-state index contributed by atoms with van der Waals surface area (Å²) in [6, 6.07) is 0. The third kappa shape index (κ3) is 5.17. The molecule has 0 radical (unpaired) electrons. The summed E-state index contributed by atoms with van der Waals surface area (Å²) in [6.45, 7) is 5.57. The van der Waals surface area contributed by atoms with Gasteiger partial charge in [0.15, 0.2) is 0 Å². The standard InChI is InChI=1S/C14H24O4/c1-13(2,3)18-12(16)10-11-4-6-14(17,7-5-11)8-9-15/h9,11,17H,4-8,10H2,1-3H3. The van der Waals surface area contributed by atoms with Gasteiger partial charge < -0.3 is 14.6 Å². The molecule has 0 amide bonds. The Bertz CT molecular complexity index is 295. The molecule has 4 heteroatoms. The first-order valence-electron chi connectivity index (χ1n) is 6.62. The molecule has 0 saturated heterocycles. The van der Waals surface area contributed by atoms with Crippen molar-refractivity contribution in [2.24, 2.45) is 5.92 Å². The number of hydrogen-bond donors (Lipinski definition) is 1. The average molecular weight is 256 g/mol. The van der Waals surface area contributed by atoms with E-state index in [1.165, 1.54) is 0 Å². The highest BCUT2D eigenvalue weighted by atomic mass is 16.6. The summed E-state index contributed by atoms with van der Waals surface area (Å²) in [5, 5.41) is 10.1. The van der Waals surface area contributed by atoms with Crippen molar-refractivity contribution in [3.63, 3.8) is 0 Å². The minimum absolute atomic E-state index is 0.173. The SMILES string of the molecule is CC(C)(C)OC(=O)CC1CCC(O)(CC=O)CC1. The summed E-state index contributed by atoms with van der Waals surface area (Å²) in [5.74, 6) is 0.0973. The quantitative estimate of drug-likeness (QED) is 0.619. The van der Waals surface area contributed by atoms with Gasteiger partial charge in [-0.2, -0.15) is 0 Å². The van der Waals surface area contributed by atoms with Crippen LogP contribution in [0.5, 0.6) is 0 Å². The van der Waals surface area contributed by atoms with Crippen LogP contribution in [0.1, 0.15) is 59.3 Å². The van der Waals surface area contributed by atoms with Crippen LogP contribution in [0.4, 0.5) is 0 Å². The second-order valence-electron chi connectivity index (χ2n) is 6.33. The monoisotopic (exact) mass is 256 g/mol. The van der Waals surface area contributed by atoms with Gasteiger partial charge in [-0.05, 0) is 52.4 Å². The molecule has 18 heavy (non-hydrogen) atoms. The second-order valence-corrected chi connectivity index (χ2v) is 6.33. The zero-order valence-corrected chi connectivity index (χ0v) is 11.6. The molecule has 0 spiro atoms. The highest BCUT2D eigenvalue weighted by Crippen LogP contribution is 2.35. The lowest BCUT2D eigenvalue weighted by Crippen LogP contribution is -2.35. The number of ether oxygens (including phenoxy) is 1. The van der Waals surface area contributed by atoms with Crippen molar-refractivity contribution in [1.82, 2.24) is 0 Å². The van der Waals surface area contributed by atoms with E-state index in [4.69, 9.17) is 4.74 Å². The Morgan fingerprint density at radius 1 is 1.39 bits per heavy atom. The van der Waals surface area contributed by atoms with Crippen molar-refractivity contribution in [3.8, 4) is 0 Å². The van der Waals surface area contributed by atoms with Crippen molar-refractivity contribution in [3.05, 3.63) is 0 Å². The van der Waals surface area contributed by atoms with Gasteiger partial charge in [-0.1, -0.05) is 0 Å². The highest BCUT2D eigenvalue weighted by molar-refractivity contribution is 5.70. The molecule has 1 saturated carbocycles. The third-order valence-electron chi connectivity index (χ3n) is 3.37. The maximum absolute atomic E-state index is 11.7. The minimum Gasteiger partial charge on any atom is -0.460 e. The summed E-state index contributed by atoms with van der Waals surface area (Å²) in [6.07, 6.45) is 4.14. The number of carbonyl (C=O) groups excluding carboxylic acids is 2. The lowest BCUT2D eigenvalue weighted by Gasteiger charge is -2.34. The van der Waals surface area contributed by atoms with Gasteiger partial charge in [-0.3, -0.25) is 4.79 Å². The molecule has 4 nitrogen and oxygen atoms in total. The van der Waals surface area contributed by atoms with E-state index < -0.39 is 11.2 Å². The van der Waals surface area contributed by atoms with Crippen LogP contribution in [0.25, 0.3) is 0 Å². The molecule has 0 aromatic rings. The van der Waals surface area contributed by atoms with Crippen LogP contribution in [0.2, 0.25) is 0 Å². The van der Waals surface area contributed by atoms with E-state index in [9.17, 15) is 14.7 Å². The summed E-state index contributed by atoms with van der Waals surface area (Å²) in [7, 11) is 0. The van der Waals surface area contributed by atoms with Crippen LogP contribution in [0.15, 0.2) is 0 Å². The van der Waals surface area contributed by atoms with Gasteiger partial charge >= 0.3 is 5.97 Å². The van der Waals surface area contributed by atoms with E-state index >= 15 is 0 Å². The Labute approximate surface area is 109 Å². The Kier molecular flexibility index (Phi) is 4.91. The molecule has 1 rings (SSSR count). The molecular weight excluding hydrogens is 232 g/mol. The van der Waals surface area contributed by atoms with Crippen LogP contribution in [-0.2, 0) is 14.3 Å². The lowest BCUT2D eigenvalue weighted by atomic mass is 9.76. The van der Waals surface area contributed by atoms with Crippen LogP contribution in [-0.4, -0.2) is 28.6 Å². The molecule has 0 aliphatic heterocycles. The lowest BCUT2D eigenvalue weighted by molar-refractivity contribution is -0.157. The fraction of sp³-hybridized carbons (Fsp3) is 0.857. The van der Waals surface area contributed by atoms with Crippen molar-refractivity contribution >= 4 is 12.3 Å². The van der Waals surface area contributed by atoms with Crippen molar-refractivity contribution in [2.75, 3.05) is 0 Å². The van der Waals surface area contributed by atoms with Crippen molar-refractivity contribution in [2.45, 2.75) is 70.5 Å². The molecule has 1 fully saturated rings. The molecule has 0 heterocycles. The van der Waals surface area contributed by atoms with E-state index in [1.807, 2.05) is 20.8 Å². The number of carbonyl (C=O) groups is 2. The van der Waals surface area contributed by atoms with Gasteiger partial charge in [0, 0.05) is 12.8 Å². The van der Waals surface area contributed by atoms with Crippen LogP contribution < -0.4 is 0 Å². The maximum Gasteiger partial charge on any atom is 0.306 e. The van der Waals surface area contributed by atoms with Gasteiger partial charge in [-0.15, -0.1) is 0 Å². The smallest absolute Gasteiger partial charge is 0.306 e. The Balaban J connectivity index is 2.35. The van der Waals surface area contributed by atoms with E-state index in [0.717, 1.165) is 19.1 Å². The average Bonchev–Trinajstić information content (AvgIpc) is 2.19. The molecule has 104 valence electrons. The number of aliphatic hydroxyl groups is 1. The Morgan fingerprint density at radius 2 is 1.94 bits per heavy atom. The van der Waals surface area contributed by atoms with E-state index in [2.05, 4.69) is 0 Å². The van der Waals surface area contributed by atoms with Gasteiger partial charge in [0.05, 0.1) is 5.60 Å². The predicted octanol–water partition coefficient (Wildman–Crippen LogP) is 2.23. The largest absolute Gasteiger partial charge is 0.460 e. The summed E-state index contributed by atoms with van der Waals surface area (Å²) < 4.78 is 5.28. The van der Waals surface area contributed by atoms with Crippen molar-refractivity contribution in [1.29, 1.82) is 0 Å². The first-order chi connectivity index (χ1) is 8.24. The number of hydrogen-bond acceptors (Lipinski definition) is 4. The zero-order valence-electron chi connectivity index (χ0n) is 11.6.